The van der Waals surface area contributed by atoms with Gasteiger partial charge in [-0.3, -0.25) is 0 Å². The molecule has 0 saturated heterocycles. The van der Waals surface area contributed by atoms with E-state index in [1.54, 1.807) is 6.07 Å². The Morgan fingerprint density at radius 3 is 2.07 bits per heavy atom. The molecule has 0 heterocycles. The average molecular weight is 382 g/mol. The summed E-state index contributed by atoms with van der Waals surface area (Å²) in [5.74, 6) is 0.659. The highest BCUT2D eigenvalue weighted by Gasteiger charge is 2.30. The van der Waals surface area contributed by atoms with Gasteiger partial charge in [-0.2, -0.15) is 13.2 Å². The highest BCUT2D eigenvalue weighted by Crippen LogP contribution is 2.30. The minimum atomic E-state index is -4.37. The van der Waals surface area contributed by atoms with Crippen molar-refractivity contribution < 1.29 is 13.2 Å². The summed E-state index contributed by atoms with van der Waals surface area (Å²) in [6.07, 6.45) is -1.77. The fraction of sp³-hybridized carbons (Fsp3) is 0.130. The van der Waals surface area contributed by atoms with E-state index < -0.39 is 11.7 Å². The minimum Gasteiger partial charge on any atom is -0.368 e. The van der Waals surface area contributed by atoms with E-state index in [0.717, 1.165) is 23.3 Å². The van der Waals surface area contributed by atoms with Crippen molar-refractivity contribution in [1.29, 1.82) is 0 Å². The van der Waals surface area contributed by atoms with E-state index >= 15 is 0 Å². The molecular formula is C23H21F3N2. The van der Waals surface area contributed by atoms with Crippen LogP contribution in [0.1, 0.15) is 16.7 Å². The van der Waals surface area contributed by atoms with Crippen molar-refractivity contribution in [3.05, 3.63) is 114 Å². The van der Waals surface area contributed by atoms with E-state index in [1.165, 1.54) is 6.07 Å². The monoisotopic (exact) mass is 382 g/mol. The van der Waals surface area contributed by atoms with Gasteiger partial charge >= 0.3 is 6.18 Å². The SMILES string of the molecule is FC(F)(F)c1cccc(N/C(=C/Cc2ccccc2)NCc2ccccc2)c1. The summed E-state index contributed by atoms with van der Waals surface area (Å²) in [4.78, 5) is 0. The first-order valence-electron chi connectivity index (χ1n) is 8.97. The molecule has 0 amide bonds. The second kappa shape index (κ2) is 9.13. The van der Waals surface area contributed by atoms with Crippen LogP contribution < -0.4 is 10.6 Å². The summed E-state index contributed by atoms with van der Waals surface area (Å²) >= 11 is 0. The molecule has 3 rings (SSSR count). The Balaban J connectivity index is 1.77. The second-order valence-electron chi connectivity index (χ2n) is 6.35. The molecule has 0 spiro atoms. The molecule has 0 atom stereocenters. The van der Waals surface area contributed by atoms with Gasteiger partial charge in [-0.1, -0.05) is 66.7 Å². The van der Waals surface area contributed by atoms with Gasteiger partial charge in [0.25, 0.3) is 0 Å². The Labute approximate surface area is 162 Å². The molecule has 0 saturated carbocycles. The van der Waals surface area contributed by atoms with Crippen molar-refractivity contribution in [3.8, 4) is 0 Å². The molecule has 144 valence electrons. The number of alkyl halides is 3. The molecule has 0 unspecified atom stereocenters. The Bertz CT molecular complexity index is 904. The maximum Gasteiger partial charge on any atom is 0.416 e. The van der Waals surface area contributed by atoms with Crippen molar-refractivity contribution in [2.45, 2.75) is 19.1 Å². The maximum absolute atomic E-state index is 13.0. The zero-order chi connectivity index (χ0) is 19.8. The number of hydrogen-bond donors (Lipinski definition) is 2. The van der Waals surface area contributed by atoms with Crippen LogP contribution in [0.4, 0.5) is 18.9 Å². The summed E-state index contributed by atoms with van der Waals surface area (Å²) < 4.78 is 39.0. The summed E-state index contributed by atoms with van der Waals surface area (Å²) in [5, 5.41) is 6.36. The fourth-order valence-electron chi connectivity index (χ4n) is 2.72. The van der Waals surface area contributed by atoms with Crippen LogP contribution in [0.3, 0.4) is 0 Å². The second-order valence-corrected chi connectivity index (χ2v) is 6.35. The Morgan fingerprint density at radius 1 is 0.786 bits per heavy atom. The zero-order valence-electron chi connectivity index (χ0n) is 15.2. The van der Waals surface area contributed by atoms with Crippen molar-refractivity contribution in [2.75, 3.05) is 5.32 Å². The van der Waals surface area contributed by atoms with Gasteiger partial charge < -0.3 is 10.6 Å². The molecule has 3 aromatic carbocycles. The molecule has 0 aliphatic heterocycles. The summed E-state index contributed by atoms with van der Waals surface area (Å²) in [7, 11) is 0. The topological polar surface area (TPSA) is 24.1 Å². The molecule has 5 heteroatoms. The Hall–Kier alpha value is -3.21. The molecule has 3 aromatic rings. The van der Waals surface area contributed by atoms with E-state index in [1.807, 2.05) is 66.7 Å². The van der Waals surface area contributed by atoms with Crippen molar-refractivity contribution >= 4 is 5.69 Å². The fourth-order valence-corrected chi connectivity index (χ4v) is 2.72. The number of benzene rings is 3. The highest BCUT2D eigenvalue weighted by atomic mass is 19.4. The lowest BCUT2D eigenvalue weighted by Gasteiger charge is -2.16. The third-order valence-corrected chi connectivity index (χ3v) is 4.18. The maximum atomic E-state index is 13.0. The number of rotatable bonds is 7. The Kier molecular flexibility index (Phi) is 6.37. The quantitative estimate of drug-likeness (QED) is 0.524. The summed E-state index contributed by atoms with van der Waals surface area (Å²) in [6, 6.07) is 24.9. The lowest BCUT2D eigenvalue weighted by Crippen LogP contribution is -2.20. The molecule has 0 aliphatic rings. The molecule has 0 bridgehead atoms. The van der Waals surface area contributed by atoms with Crippen LogP contribution in [-0.4, -0.2) is 0 Å². The molecule has 0 aromatic heterocycles. The van der Waals surface area contributed by atoms with E-state index in [0.29, 0.717) is 24.5 Å². The zero-order valence-corrected chi connectivity index (χ0v) is 15.2. The first kappa shape index (κ1) is 19.5. The third-order valence-electron chi connectivity index (χ3n) is 4.18. The molecule has 2 nitrogen and oxygen atoms in total. The first-order valence-corrected chi connectivity index (χ1v) is 8.97. The predicted molar refractivity (Wildman–Crippen MR) is 107 cm³/mol. The van der Waals surface area contributed by atoms with Crippen LogP contribution >= 0.6 is 0 Å². The minimum absolute atomic E-state index is 0.384. The number of allylic oxidation sites excluding steroid dienone is 1. The third kappa shape index (κ3) is 5.91. The van der Waals surface area contributed by atoms with E-state index in [4.69, 9.17) is 0 Å². The van der Waals surface area contributed by atoms with Crippen LogP contribution in [0.2, 0.25) is 0 Å². The van der Waals surface area contributed by atoms with E-state index in [2.05, 4.69) is 10.6 Å². The van der Waals surface area contributed by atoms with Crippen LogP contribution in [0, 0.1) is 0 Å². The van der Waals surface area contributed by atoms with Crippen molar-refractivity contribution in [3.63, 3.8) is 0 Å². The van der Waals surface area contributed by atoms with Gasteiger partial charge in [-0.25, -0.2) is 0 Å². The van der Waals surface area contributed by atoms with Crippen LogP contribution in [0.25, 0.3) is 0 Å². The van der Waals surface area contributed by atoms with Crippen LogP contribution in [0.15, 0.2) is 96.8 Å². The van der Waals surface area contributed by atoms with Crippen LogP contribution in [-0.2, 0) is 19.1 Å². The van der Waals surface area contributed by atoms with E-state index in [-0.39, 0.29) is 0 Å². The van der Waals surface area contributed by atoms with Crippen molar-refractivity contribution in [1.82, 2.24) is 5.32 Å². The van der Waals surface area contributed by atoms with Gasteiger partial charge in [-0.05, 0) is 41.8 Å². The molecule has 0 aliphatic carbocycles. The number of halogens is 3. The number of anilines is 1. The highest BCUT2D eigenvalue weighted by molar-refractivity contribution is 5.50. The smallest absolute Gasteiger partial charge is 0.368 e. The first-order chi connectivity index (χ1) is 13.5. The van der Waals surface area contributed by atoms with Gasteiger partial charge in [0.15, 0.2) is 0 Å². The van der Waals surface area contributed by atoms with Gasteiger partial charge in [0.1, 0.15) is 0 Å². The van der Waals surface area contributed by atoms with Gasteiger partial charge in [-0.15, -0.1) is 0 Å². The standard InChI is InChI=1S/C23H21F3N2/c24-23(25,26)20-12-7-13-21(16-20)28-22(15-14-18-8-3-1-4-9-18)27-17-19-10-5-2-6-11-19/h1-13,15-16,27-28H,14,17H2/b22-15+. The molecule has 28 heavy (non-hydrogen) atoms. The average Bonchev–Trinajstić information content (AvgIpc) is 2.71. The molecular weight excluding hydrogens is 361 g/mol. The summed E-state index contributed by atoms with van der Waals surface area (Å²) in [5.41, 5.74) is 1.91. The van der Waals surface area contributed by atoms with Crippen molar-refractivity contribution in [2.24, 2.45) is 0 Å². The molecule has 0 radical (unpaired) electrons. The Morgan fingerprint density at radius 2 is 1.43 bits per heavy atom. The van der Waals surface area contributed by atoms with Gasteiger partial charge in [0.2, 0.25) is 0 Å². The largest absolute Gasteiger partial charge is 0.416 e. The molecule has 2 N–H and O–H groups in total. The van der Waals surface area contributed by atoms with Gasteiger partial charge in [0, 0.05) is 12.2 Å². The van der Waals surface area contributed by atoms with Crippen LogP contribution in [0.5, 0.6) is 0 Å². The predicted octanol–water partition coefficient (Wildman–Crippen LogP) is 5.99. The van der Waals surface area contributed by atoms with Gasteiger partial charge in [0.05, 0.1) is 11.4 Å². The normalized spacial score (nSPS) is 11.9. The number of nitrogens with one attached hydrogen (secondary N) is 2. The number of hydrogen-bond acceptors (Lipinski definition) is 2. The lowest BCUT2D eigenvalue weighted by molar-refractivity contribution is -0.137. The van der Waals surface area contributed by atoms with E-state index in [9.17, 15) is 13.2 Å². The summed E-state index contributed by atoms with van der Waals surface area (Å²) in [6.45, 7) is 0.563. The molecule has 0 fully saturated rings. The lowest BCUT2D eigenvalue weighted by atomic mass is 10.1.